The van der Waals surface area contributed by atoms with E-state index < -0.39 is 0 Å². The fourth-order valence-electron chi connectivity index (χ4n) is 3.07. The van der Waals surface area contributed by atoms with Gasteiger partial charge in [0.25, 0.3) is 0 Å². The number of Topliss-reactive ketones (excluding diaryl/α,β-unsaturated/α-hetero) is 1. The summed E-state index contributed by atoms with van der Waals surface area (Å²) in [5.41, 5.74) is 6.84. The van der Waals surface area contributed by atoms with E-state index in [0.717, 1.165) is 23.1 Å². The van der Waals surface area contributed by atoms with Crippen molar-refractivity contribution in [3.8, 4) is 0 Å². The fraction of sp³-hybridized carbons (Fsp3) is 0.207. The highest BCUT2D eigenvalue weighted by Crippen LogP contribution is 2.18. The van der Waals surface area contributed by atoms with Gasteiger partial charge in [-0.1, -0.05) is 119 Å². The molecule has 0 atom stereocenters. The van der Waals surface area contributed by atoms with Crippen molar-refractivity contribution in [2.75, 3.05) is 0 Å². The Morgan fingerprint density at radius 3 is 2.10 bits per heavy atom. The second kappa shape index (κ2) is 13.1. The van der Waals surface area contributed by atoms with Crippen LogP contribution in [0.5, 0.6) is 0 Å². The molecule has 0 N–H and O–H groups in total. The second-order valence-electron chi connectivity index (χ2n) is 6.84. The summed E-state index contributed by atoms with van der Waals surface area (Å²) in [5, 5.41) is 0. The molecule has 0 aromatic heterocycles. The highest BCUT2D eigenvalue weighted by Gasteiger charge is 2.02. The summed E-state index contributed by atoms with van der Waals surface area (Å²) in [7, 11) is 0. The van der Waals surface area contributed by atoms with Gasteiger partial charge in [0.2, 0.25) is 0 Å². The minimum Gasteiger partial charge on any atom is -0.300 e. The van der Waals surface area contributed by atoms with Gasteiger partial charge in [-0.2, -0.15) is 0 Å². The summed E-state index contributed by atoms with van der Waals surface area (Å²) in [6.45, 7) is 9.80. The van der Waals surface area contributed by atoms with Crippen molar-refractivity contribution in [1.82, 2.24) is 0 Å². The molecular weight excluding hydrogens is 364 g/mol. The maximum Gasteiger partial charge on any atom is 0.134 e. The third kappa shape index (κ3) is 8.05. The average molecular weight is 399 g/mol. The normalized spacial score (nSPS) is 9.97. The highest BCUT2D eigenvalue weighted by atomic mass is 16.1. The van der Waals surface area contributed by atoms with Crippen LogP contribution in [0.1, 0.15) is 56.0 Å². The lowest BCUT2D eigenvalue weighted by Crippen LogP contribution is -1.97. The minimum absolute atomic E-state index is 0. The summed E-state index contributed by atoms with van der Waals surface area (Å²) in [5.74, 6) is 0.193. The Labute approximate surface area is 182 Å². The third-order valence-electron chi connectivity index (χ3n) is 4.45. The number of benzene rings is 3. The van der Waals surface area contributed by atoms with E-state index in [-0.39, 0.29) is 13.2 Å². The molecular formula is C29H34O. The molecule has 0 aliphatic carbocycles. The first-order chi connectivity index (χ1) is 14.1. The van der Waals surface area contributed by atoms with Crippen LogP contribution < -0.4 is 0 Å². The Morgan fingerprint density at radius 2 is 1.47 bits per heavy atom. The Morgan fingerprint density at radius 1 is 0.833 bits per heavy atom. The molecule has 0 aliphatic heterocycles. The molecule has 0 heterocycles. The molecule has 0 unspecified atom stereocenters. The molecule has 0 saturated carbocycles. The number of carbonyl (C=O) groups is 1. The third-order valence-corrected chi connectivity index (χ3v) is 4.45. The van der Waals surface area contributed by atoms with E-state index in [1.165, 1.54) is 16.7 Å². The summed E-state index contributed by atoms with van der Waals surface area (Å²) < 4.78 is 0. The topological polar surface area (TPSA) is 17.1 Å². The van der Waals surface area contributed by atoms with Crippen molar-refractivity contribution in [2.24, 2.45) is 0 Å². The molecule has 0 saturated heterocycles. The number of allylic oxidation sites excluding steroid dienone is 2. The predicted molar refractivity (Wildman–Crippen MR) is 133 cm³/mol. The highest BCUT2D eigenvalue weighted by molar-refractivity contribution is 5.78. The van der Waals surface area contributed by atoms with E-state index in [0.29, 0.717) is 6.42 Å². The summed E-state index contributed by atoms with van der Waals surface area (Å²) in [4.78, 5) is 11.3. The lowest BCUT2D eigenvalue weighted by Gasteiger charge is -2.07. The maximum absolute atomic E-state index is 11.3. The monoisotopic (exact) mass is 398 g/mol. The lowest BCUT2D eigenvalue weighted by atomic mass is 9.98. The molecule has 1 heteroatoms. The van der Waals surface area contributed by atoms with Gasteiger partial charge < -0.3 is 0 Å². The Balaban J connectivity index is 0.00000146. The Bertz CT molecular complexity index is 947. The van der Waals surface area contributed by atoms with Gasteiger partial charge in [-0.3, -0.25) is 4.79 Å². The summed E-state index contributed by atoms with van der Waals surface area (Å²) >= 11 is 0. The van der Waals surface area contributed by atoms with Gasteiger partial charge >= 0.3 is 0 Å². The minimum atomic E-state index is 0. The van der Waals surface area contributed by atoms with Crippen molar-refractivity contribution < 1.29 is 4.79 Å². The molecule has 3 aromatic rings. The van der Waals surface area contributed by atoms with E-state index in [9.17, 15) is 4.79 Å². The van der Waals surface area contributed by atoms with Gasteiger partial charge in [0.15, 0.2) is 0 Å². The molecule has 0 bridgehead atoms. The van der Waals surface area contributed by atoms with Crippen LogP contribution >= 0.6 is 0 Å². The molecule has 0 aliphatic rings. The van der Waals surface area contributed by atoms with Gasteiger partial charge in [0.1, 0.15) is 5.78 Å². The molecule has 0 amide bonds. The molecule has 30 heavy (non-hydrogen) atoms. The van der Waals surface area contributed by atoms with Gasteiger partial charge in [-0.25, -0.2) is 0 Å². The Kier molecular flexibility index (Phi) is 10.9. The van der Waals surface area contributed by atoms with Crippen LogP contribution in [-0.4, -0.2) is 5.78 Å². The average Bonchev–Trinajstić information content (AvgIpc) is 2.74. The predicted octanol–water partition coefficient (Wildman–Crippen LogP) is 7.80. The van der Waals surface area contributed by atoms with Crippen LogP contribution in [-0.2, 0) is 17.6 Å². The molecule has 156 valence electrons. The van der Waals surface area contributed by atoms with Crippen LogP contribution in [0.25, 0.3) is 11.6 Å². The first-order valence-corrected chi connectivity index (χ1v) is 10.2. The van der Waals surface area contributed by atoms with Crippen LogP contribution in [0, 0.1) is 0 Å². The number of carbonyl (C=O) groups excluding carboxylic acids is 1. The zero-order chi connectivity index (χ0) is 21.1. The summed E-state index contributed by atoms with van der Waals surface area (Å²) in [6, 6.07) is 27.0. The molecule has 0 fully saturated rings. The smallest absolute Gasteiger partial charge is 0.134 e. The zero-order valence-electron chi connectivity index (χ0n) is 17.7. The van der Waals surface area contributed by atoms with E-state index in [1.54, 1.807) is 6.92 Å². The van der Waals surface area contributed by atoms with Gasteiger partial charge in [-0.15, -0.1) is 0 Å². The van der Waals surface area contributed by atoms with Crippen molar-refractivity contribution in [3.63, 3.8) is 0 Å². The molecule has 0 radical (unpaired) electrons. The van der Waals surface area contributed by atoms with E-state index in [1.807, 2.05) is 44.2 Å². The lowest BCUT2D eigenvalue weighted by molar-refractivity contribution is -0.116. The first kappa shape index (κ1) is 24.8. The standard InChI is InChI=1S/C26H24O.C2H6.CH4/c1-20(11-12-22-7-4-3-5-8-22)26-15-13-23(14-16-26)18-25-10-6-9-24(19-25)17-21(2)27;1-2;/h3-16,19H,1,17-18H2,2H3;1-2H3;1H4/b12-11+;;. The number of rotatable bonds is 7. The quantitative estimate of drug-likeness (QED) is 0.371. The maximum atomic E-state index is 11.3. The van der Waals surface area contributed by atoms with Gasteiger partial charge in [0.05, 0.1) is 0 Å². The van der Waals surface area contributed by atoms with E-state index >= 15 is 0 Å². The largest absolute Gasteiger partial charge is 0.300 e. The van der Waals surface area contributed by atoms with E-state index in [2.05, 4.69) is 67.3 Å². The second-order valence-corrected chi connectivity index (χ2v) is 6.84. The van der Waals surface area contributed by atoms with Crippen LogP contribution in [0.2, 0.25) is 0 Å². The molecule has 3 aromatic carbocycles. The number of hydrogen-bond acceptors (Lipinski definition) is 1. The molecule has 0 spiro atoms. The van der Waals surface area contributed by atoms with Crippen molar-refractivity contribution in [3.05, 3.63) is 119 Å². The summed E-state index contributed by atoms with van der Waals surface area (Å²) in [6.07, 6.45) is 5.49. The van der Waals surface area contributed by atoms with Gasteiger partial charge in [0, 0.05) is 6.42 Å². The first-order valence-electron chi connectivity index (χ1n) is 10.2. The zero-order valence-corrected chi connectivity index (χ0v) is 17.7. The van der Waals surface area contributed by atoms with Crippen LogP contribution in [0.3, 0.4) is 0 Å². The van der Waals surface area contributed by atoms with Crippen molar-refractivity contribution >= 4 is 17.4 Å². The van der Waals surface area contributed by atoms with Crippen LogP contribution in [0.4, 0.5) is 0 Å². The number of hydrogen-bond donors (Lipinski definition) is 0. The fourth-order valence-corrected chi connectivity index (χ4v) is 3.07. The molecule has 1 nitrogen and oxygen atoms in total. The van der Waals surface area contributed by atoms with Crippen molar-refractivity contribution in [2.45, 2.75) is 41.0 Å². The van der Waals surface area contributed by atoms with Gasteiger partial charge in [-0.05, 0) is 46.7 Å². The SMILES string of the molecule is C.C=C(/C=C/c1ccccc1)c1ccc(Cc2cccc(CC(C)=O)c2)cc1.CC. The molecule has 3 rings (SSSR count). The van der Waals surface area contributed by atoms with Crippen LogP contribution in [0.15, 0.2) is 91.5 Å². The van der Waals surface area contributed by atoms with E-state index in [4.69, 9.17) is 0 Å². The van der Waals surface area contributed by atoms with Crippen molar-refractivity contribution in [1.29, 1.82) is 0 Å². The number of ketones is 1. The Hall–Kier alpha value is -3.19.